The minimum Gasteiger partial charge on any atom is -0.482 e. The highest BCUT2D eigenvalue weighted by Crippen LogP contribution is 2.49. The smallest absolute Gasteiger partial charge is 0.482 e. The summed E-state index contributed by atoms with van der Waals surface area (Å²) in [4.78, 5) is 35.1. The quantitative estimate of drug-likeness (QED) is 0.283. The van der Waals surface area contributed by atoms with Crippen molar-refractivity contribution >= 4 is 18.1 Å². The fourth-order valence-corrected chi connectivity index (χ4v) is 5.89. The highest BCUT2D eigenvalue weighted by molar-refractivity contribution is 5.69. The number of esters is 1. The Balaban J connectivity index is 1.76. The number of unbranched alkanes of at least 4 members (excludes halogenated alkanes) is 2. The predicted octanol–water partition coefficient (Wildman–Crippen LogP) is 5.33. The molecule has 5 atom stereocenters. The van der Waals surface area contributed by atoms with Gasteiger partial charge in [-0.1, -0.05) is 38.8 Å². The minimum atomic E-state index is -1.00. The molecule has 0 bridgehead atoms. The van der Waals surface area contributed by atoms with Crippen LogP contribution in [0.2, 0.25) is 0 Å². The first-order valence-electron chi connectivity index (χ1n) is 13.3. The number of hydrogen-bond donors (Lipinski definition) is 1. The van der Waals surface area contributed by atoms with Gasteiger partial charge in [0.25, 0.3) is 0 Å². The lowest BCUT2D eigenvalue weighted by molar-refractivity contribution is -0.151. The number of methoxy groups -OCH3 is 1. The maximum Gasteiger partial charge on any atom is 0.508 e. The fraction of sp³-hybridized carbons (Fsp3) is 0.679. The lowest BCUT2D eigenvalue weighted by atomic mass is 9.73. The van der Waals surface area contributed by atoms with Crippen LogP contribution in [0.15, 0.2) is 18.2 Å². The van der Waals surface area contributed by atoms with Gasteiger partial charge in [-0.2, -0.15) is 0 Å². The molecule has 0 aromatic heterocycles. The summed E-state index contributed by atoms with van der Waals surface area (Å²) < 4.78 is 21.8. The monoisotopic (exact) mass is 504 g/mol. The molecule has 0 aliphatic heterocycles. The molecule has 2 aliphatic carbocycles. The van der Waals surface area contributed by atoms with Gasteiger partial charge in [-0.3, -0.25) is 4.79 Å². The van der Waals surface area contributed by atoms with Crippen molar-refractivity contribution in [2.24, 2.45) is 17.8 Å². The average molecular weight is 505 g/mol. The first-order valence-corrected chi connectivity index (χ1v) is 13.3. The standard InChI is InChI=1S/C28H40O8/c1-4-6-7-10-20(35-28(32)33-3)12-13-21-22-14-18-9-8-11-24(34-17-26(29)30)23(18)15-19(22)16-25(21)36-27(31)5-2/h8-9,11,19-22,25H,4-7,10,12-17H2,1-3H3,(H,29,30)/t19-,20-,21+,22-,25+/m0/s1. The van der Waals surface area contributed by atoms with Crippen LogP contribution in [-0.4, -0.2) is 49.1 Å². The number of carboxylic acids is 1. The molecule has 0 radical (unpaired) electrons. The molecule has 0 unspecified atom stereocenters. The Kier molecular flexibility index (Phi) is 10.4. The van der Waals surface area contributed by atoms with Crippen molar-refractivity contribution in [3.8, 4) is 5.75 Å². The number of benzene rings is 1. The SMILES string of the molecule is CCCCC[C@@H](CC[C@@H]1[C@H]2Cc3cccc(OCC(=O)O)c3C[C@H]2C[C@H]1OC(=O)CC)OC(=O)OC. The average Bonchev–Trinajstić information content (AvgIpc) is 3.19. The van der Waals surface area contributed by atoms with Crippen molar-refractivity contribution < 1.29 is 38.4 Å². The topological polar surface area (TPSA) is 108 Å². The maximum absolute atomic E-state index is 12.3. The van der Waals surface area contributed by atoms with Crippen molar-refractivity contribution in [2.75, 3.05) is 13.7 Å². The predicted molar refractivity (Wildman–Crippen MR) is 133 cm³/mol. The van der Waals surface area contributed by atoms with E-state index < -0.39 is 12.1 Å². The molecule has 200 valence electrons. The zero-order valence-electron chi connectivity index (χ0n) is 21.7. The summed E-state index contributed by atoms with van der Waals surface area (Å²) in [6, 6.07) is 5.81. The molecule has 8 nitrogen and oxygen atoms in total. The van der Waals surface area contributed by atoms with Crippen LogP contribution < -0.4 is 4.74 Å². The molecular formula is C28H40O8. The maximum atomic E-state index is 12.3. The highest BCUT2D eigenvalue weighted by atomic mass is 16.7. The van der Waals surface area contributed by atoms with Crippen LogP contribution in [0.5, 0.6) is 5.75 Å². The van der Waals surface area contributed by atoms with E-state index in [1.54, 1.807) is 6.92 Å². The highest BCUT2D eigenvalue weighted by Gasteiger charge is 2.47. The molecule has 1 N–H and O–H groups in total. The minimum absolute atomic E-state index is 0.164. The van der Waals surface area contributed by atoms with E-state index in [1.165, 1.54) is 7.11 Å². The number of carboxylic acid groups (broad SMARTS) is 1. The molecule has 2 aliphatic rings. The van der Waals surface area contributed by atoms with Crippen LogP contribution in [0, 0.1) is 17.8 Å². The molecule has 1 aromatic rings. The number of carbonyl (C=O) groups excluding carboxylic acids is 2. The lowest BCUT2D eigenvalue weighted by Gasteiger charge is -2.33. The van der Waals surface area contributed by atoms with Gasteiger partial charge in [-0.15, -0.1) is 0 Å². The van der Waals surface area contributed by atoms with Gasteiger partial charge in [0.05, 0.1) is 7.11 Å². The largest absolute Gasteiger partial charge is 0.508 e. The van der Waals surface area contributed by atoms with Crippen LogP contribution in [-0.2, 0) is 36.6 Å². The third-order valence-electron chi connectivity index (χ3n) is 7.62. The van der Waals surface area contributed by atoms with Gasteiger partial charge in [0.15, 0.2) is 6.61 Å². The van der Waals surface area contributed by atoms with Gasteiger partial charge in [-0.25, -0.2) is 9.59 Å². The van der Waals surface area contributed by atoms with Crippen LogP contribution in [0.25, 0.3) is 0 Å². The van der Waals surface area contributed by atoms with E-state index in [2.05, 4.69) is 13.0 Å². The summed E-state index contributed by atoms with van der Waals surface area (Å²) in [5.74, 6) is 0.231. The number of ether oxygens (including phenoxy) is 4. The lowest BCUT2D eigenvalue weighted by Crippen LogP contribution is -2.30. The molecule has 1 fully saturated rings. The Morgan fingerprint density at radius 1 is 1.11 bits per heavy atom. The van der Waals surface area contributed by atoms with E-state index in [1.807, 2.05) is 12.1 Å². The van der Waals surface area contributed by atoms with E-state index in [9.17, 15) is 14.4 Å². The van der Waals surface area contributed by atoms with Crippen molar-refractivity contribution in [1.82, 2.24) is 0 Å². The van der Waals surface area contributed by atoms with E-state index in [4.69, 9.17) is 24.1 Å². The second-order valence-electron chi connectivity index (χ2n) is 9.96. The Labute approximate surface area is 213 Å². The van der Waals surface area contributed by atoms with Gasteiger partial charge in [0.2, 0.25) is 0 Å². The number of aliphatic carboxylic acids is 1. The Morgan fingerprint density at radius 3 is 2.61 bits per heavy atom. The molecule has 0 heterocycles. The van der Waals surface area contributed by atoms with Crippen molar-refractivity contribution in [1.29, 1.82) is 0 Å². The molecule has 8 heteroatoms. The second kappa shape index (κ2) is 13.5. The molecule has 1 aromatic carbocycles. The Morgan fingerprint density at radius 2 is 1.92 bits per heavy atom. The molecule has 3 rings (SSSR count). The zero-order chi connectivity index (χ0) is 26.1. The summed E-state index contributed by atoms with van der Waals surface area (Å²) in [6.07, 6.45) is 7.06. The summed E-state index contributed by atoms with van der Waals surface area (Å²) >= 11 is 0. The van der Waals surface area contributed by atoms with Gasteiger partial charge < -0.3 is 24.1 Å². The number of hydrogen-bond acceptors (Lipinski definition) is 7. The van der Waals surface area contributed by atoms with Crippen molar-refractivity contribution in [2.45, 2.75) is 90.3 Å². The number of fused-ring (bicyclic) bond motifs is 2. The van der Waals surface area contributed by atoms with Crippen LogP contribution in [0.3, 0.4) is 0 Å². The fourth-order valence-electron chi connectivity index (χ4n) is 5.89. The third kappa shape index (κ3) is 7.37. The number of carbonyl (C=O) groups is 3. The van der Waals surface area contributed by atoms with E-state index in [0.717, 1.165) is 62.5 Å². The summed E-state index contributed by atoms with van der Waals surface area (Å²) in [6.45, 7) is 3.57. The summed E-state index contributed by atoms with van der Waals surface area (Å²) in [5.41, 5.74) is 2.23. The summed E-state index contributed by atoms with van der Waals surface area (Å²) in [7, 11) is 1.32. The van der Waals surface area contributed by atoms with Gasteiger partial charge in [0.1, 0.15) is 18.0 Å². The number of rotatable bonds is 13. The first-order chi connectivity index (χ1) is 17.4. The van der Waals surface area contributed by atoms with E-state index >= 15 is 0 Å². The zero-order valence-corrected chi connectivity index (χ0v) is 21.7. The third-order valence-corrected chi connectivity index (χ3v) is 7.62. The van der Waals surface area contributed by atoms with Crippen molar-refractivity contribution in [3.63, 3.8) is 0 Å². The molecule has 1 saturated carbocycles. The first kappa shape index (κ1) is 27.8. The van der Waals surface area contributed by atoms with Gasteiger partial charge in [0, 0.05) is 6.42 Å². The van der Waals surface area contributed by atoms with E-state index in [0.29, 0.717) is 30.4 Å². The van der Waals surface area contributed by atoms with Crippen LogP contribution >= 0.6 is 0 Å². The second-order valence-corrected chi connectivity index (χ2v) is 9.96. The van der Waals surface area contributed by atoms with Crippen LogP contribution in [0.4, 0.5) is 4.79 Å². The Hall–Kier alpha value is -2.77. The molecule has 36 heavy (non-hydrogen) atoms. The van der Waals surface area contributed by atoms with Crippen LogP contribution in [0.1, 0.15) is 76.3 Å². The van der Waals surface area contributed by atoms with E-state index in [-0.39, 0.29) is 30.7 Å². The summed E-state index contributed by atoms with van der Waals surface area (Å²) in [5, 5.41) is 9.04. The molecule has 0 spiro atoms. The van der Waals surface area contributed by atoms with Gasteiger partial charge in [-0.05, 0) is 79.9 Å². The Bertz CT molecular complexity index is 898. The van der Waals surface area contributed by atoms with Gasteiger partial charge >= 0.3 is 18.1 Å². The molecule has 0 saturated heterocycles. The normalized spacial score (nSPS) is 23.2. The molecular weight excluding hydrogens is 464 g/mol. The van der Waals surface area contributed by atoms with Crippen molar-refractivity contribution in [3.05, 3.63) is 29.3 Å². The molecule has 0 amide bonds.